The average molecular weight is 250 g/mol. The number of nitrogens with zero attached hydrogens (tertiary/aromatic N) is 1. The van der Waals surface area contributed by atoms with Gasteiger partial charge in [0.2, 0.25) is 0 Å². The van der Waals surface area contributed by atoms with Gasteiger partial charge in [-0.2, -0.15) is 5.10 Å². The molecule has 18 heavy (non-hydrogen) atoms. The molecular formula is C13H18N2O3. The summed E-state index contributed by atoms with van der Waals surface area (Å²) in [5.41, 5.74) is 4.85. The molecule has 98 valence electrons. The molecule has 0 aliphatic rings. The van der Waals surface area contributed by atoms with E-state index in [-0.39, 0.29) is 5.71 Å². The second kappa shape index (κ2) is 6.64. The van der Waals surface area contributed by atoms with Gasteiger partial charge in [-0.15, -0.1) is 0 Å². The number of hydrogen-bond acceptors (Lipinski definition) is 5. The number of anilines is 1. The van der Waals surface area contributed by atoms with Gasteiger partial charge in [0.1, 0.15) is 11.5 Å². The molecule has 5 heteroatoms. The molecule has 0 aliphatic carbocycles. The van der Waals surface area contributed by atoms with Crippen molar-refractivity contribution >= 4 is 17.4 Å². The Kier molecular flexibility index (Phi) is 5.17. The van der Waals surface area contributed by atoms with Crippen LogP contribution in [-0.2, 0) is 9.53 Å². The van der Waals surface area contributed by atoms with Crippen molar-refractivity contribution in [3.63, 3.8) is 0 Å². The van der Waals surface area contributed by atoms with Gasteiger partial charge in [-0.05, 0) is 38.5 Å². The topological polar surface area (TPSA) is 59.9 Å². The molecule has 0 amide bonds. The number of rotatable bonds is 5. The van der Waals surface area contributed by atoms with E-state index >= 15 is 0 Å². The maximum atomic E-state index is 11.4. The van der Waals surface area contributed by atoms with Gasteiger partial charge in [-0.1, -0.05) is 6.07 Å². The number of carbonyl (C=O) groups excluding carboxylic acids is 1. The number of hydrazone groups is 1. The second-order valence-corrected chi connectivity index (χ2v) is 3.73. The van der Waals surface area contributed by atoms with Crippen LogP contribution in [0.15, 0.2) is 23.3 Å². The second-order valence-electron chi connectivity index (χ2n) is 3.73. The van der Waals surface area contributed by atoms with Crippen LogP contribution in [-0.4, -0.2) is 25.4 Å². The third-order valence-electron chi connectivity index (χ3n) is 2.27. The highest BCUT2D eigenvalue weighted by Crippen LogP contribution is 2.25. The normalized spacial score (nSPS) is 11.0. The summed E-state index contributed by atoms with van der Waals surface area (Å²) < 4.78 is 10.0. The predicted molar refractivity (Wildman–Crippen MR) is 71.1 cm³/mol. The minimum atomic E-state index is -0.434. The molecule has 0 aromatic heterocycles. The van der Waals surface area contributed by atoms with Crippen molar-refractivity contribution in [3.05, 3.63) is 23.8 Å². The Bertz CT molecular complexity index is 456. The number of nitrogens with one attached hydrogen (secondary N) is 1. The summed E-state index contributed by atoms with van der Waals surface area (Å²) in [4.78, 5) is 11.4. The van der Waals surface area contributed by atoms with Crippen LogP contribution in [0.4, 0.5) is 5.69 Å². The van der Waals surface area contributed by atoms with E-state index in [1.165, 1.54) is 0 Å². The first-order valence-corrected chi connectivity index (χ1v) is 5.70. The van der Waals surface area contributed by atoms with E-state index in [2.05, 4.69) is 10.5 Å². The van der Waals surface area contributed by atoms with Gasteiger partial charge in [0.25, 0.3) is 0 Å². The van der Waals surface area contributed by atoms with E-state index in [4.69, 9.17) is 9.47 Å². The molecular weight excluding hydrogens is 232 g/mol. The zero-order valence-electron chi connectivity index (χ0n) is 11.1. The first kappa shape index (κ1) is 14.0. The van der Waals surface area contributed by atoms with Gasteiger partial charge in [0.05, 0.1) is 19.4 Å². The van der Waals surface area contributed by atoms with Crippen LogP contribution in [0, 0.1) is 6.92 Å². The van der Waals surface area contributed by atoms with Crippen LogP contribution < -0.4 is 10.2 Å². The Morgan fingerprint density at radius 1 is 1.44 bits per heavy atom. The zero-order valence-corrected chi connectivity index (χ0v) is 11.1. The quantitative estimate of drug-likeness (QED) is 0.495. The average Bonchev–Trinajstić information content (AvgIpc) is 2.36. The fourth-order valence-electron chi connectivity index (χ4n) is 1.33. The Hall–Kier alpha value is -2.04. The number of methoxy groups -OCH3 is 1. The maximum absolute atomic E-state index is 11.4. The molecule has 1 N–H and O–H groups in total. The summed E-state index contributed by atoms with van der Waals surface area (Å²) in [7, 11) is 1.58. The number of aryl methyl sites for hydroxylation is 1. The molecule has 1 aromatic rings. The molecule has 0 unspecified atom stereocenters. The molecule has 1 aromatic carbocycles. The molecule has 5 nitrogen and oxygen atoms in total. The van der Waals surface area contributed by atoms with Crippen molar-refractivity contribution in [2.24, 2.45) is 5.10 Å². The molecule has 1 rings (SSSR count). The minimum Gasteiger partial charge on any atom is -0.495 e. The number of benzene rings is 1. The van der Waals surface area contributed by atoms with Gasteiger partial charge in [-0.25, -0.2) is 4.79 Å². The van der Waals surface area contributed by atoms with E-state index in [0.29, 0.717) is 18.0 Å². The van der Waals surface area contributed by atoms with Crippen molar-refractivity contribution in [1.82, 2.24) is 0 Å². The monoisotopic (exact) mass is 250 g/mol. The molecule has 0 fully saturated rings. The lowest BCUT2D eigenvalue weighted by atomic mass is 10.2. The molecule has 0 spiro atoms. The number of esters is 1. The van der Waals surface area contributed by atoms with E-state index in [1.54, 1.807) is 21.0 Å². The third kappa shape index (κ3) is 3.76. The first-order chi connectivity index (χ1) is 8.58. The van der Waals surface area contributed by atoms with Gasteiger partial charge in [-0.3, -0.25) is 5.43 Å². The van der Waals surface area contributed by atoms with E-state index in [1.807, 2.05) is 25.1 Å². The number of hydrogen-bond donors (Lipinski definition) is 1. The van der Waals surface area contributed by atoms with Crippen LogP contribution in [0.5, 0.6) is 5.75 Å². The molecule has 0 radical (unpaired) electrons. The van der Waals surface area contributed by atoms with Gasteiger partial charge < -0.3 is 9.47 Å². The summed E-state index contributed by atoms with van der Waals surface area (Å²) >= 11 is 0. The van der Waals surface area contributed by atoms with E-state index in [9.17, 15) is 4.79 Å². The lowest BCUT2D eigenvalue weighted by molar-refractivity contribution is -0.135. The van der Waals surface area contributed by atoms with Crippen molar-refractivity contribution in [2.75, 3.05) is 19.1 Å². The van der Waals surface area contributed by atoms with Crippen LogP contribution in [0.1, 0.15) is 19.4 Å². The number of carbonyl (C=O) groups is 1. The van der Waals surface area contributed by atoms with Gasteiger partial charge in [0, 0.05) is 0 Å². The van der Waals surface area contributed by atoms with Crippen LogP contribution in [0.2, 0.25) is 0 Å². The summed E-state index contributed by atoms with van der Waals surface area (Å²) in [6, 6.07) is 5.67. The minimum absolute atomic E-state index is 0.264. The van der Waals surface area contributed by atoms with Crippen molar-refractivity contribution in [2.45, 2.75) is 20.8 Å². The first-order valence-electron chi connectivity index (χ1n) is 5.70. The molecule has 0 atom stereocenters. The van der Waals surface area contributed by atoms with Crippen LogP contribution >= 0.6 is 0 Å². The molecule has 0 aliphatic heterocycles. The Labute approximate surface area is 107 Å². The van der Waals surface area contributed by atoms with Crippen LogP contribution in [0.25, 0.3) is 0 Å². The Balaban J connectivity index is 2.81. The summed E-state index contributed by atoms with van der Waals surface area (Å²) in [5.74, 6) is 0.234. The van der Waals surface area contributed by atoms with Gasteiger partial charge >= 0.3 is 5.97 Å². The van der Waals surface area contributed by atoms with Crippen molar-refractivity contribution < 1.29 is 14.3 Å². The molecule has 0 saturated heterocycles. The molecule has 0 heterocycles. The summed E-state index contributed by atoms with van der Waals surface area (Å²) in [5, 5.41) is 3.97. The van der Waals surface area contributed by atoms with Crippen LogP contribution in [0.3, 0.4) is 0 Å². The third-order valence-corrected chi connectivity index (χ3v) is 2.27. The lowest BCUT2D eigenvalue weighted by Crippen LogP contribution is -2.15. The largest absolute Gasteiger partial charge is 0.495 e. The van der Waals surface area contributed by atoms with Crippen molar-refractivity contribution in [3.8, 4) is 5.75 Å². The smallest absolute Gasteiger partial charge is 0.354 e. The lowest BCUT2D eigenvalue weighted by Gasteiger charge is -2.09. The summed E-state index contributed by atoms with van der Waals surface area (Å²) in [6.45, 7) is 5.64. The summed E-state index contributed by atoms with van der Waals surface area (Å²) in [6.07, 6.45) is 0. The van der Waals surface area contributed by atoms with Crippen molar-refractivity contribution in [1.29, 1.82) is 0 Å². The maximum Gasteiger partial charge on any atom is 0.354 e. The highest BCUT2D eigenvalue weighted by molar-refractivity contribution is 6.35. The SMILES string of the molecule is CCOC(=O)/C(C)=N\Nc1cc(C)ccc1OC. The molecule has 0 bridgehead atoms. The fourth-order valence-corrected chi connectivity index (χ4v) is 1.33. The highest BCUT2D eigenvalue weighted by atomic mass is 16.5. The predicted octanol–water partition coefficient (Wildman–Crippen LogP) is 2.35. The standard InChI is InChI=1S/C13H18N2O3/c1-5-18-13(16)10(3)14-15-11-8-9(2)6-7-12(11)17-4/h6-8,15H,5H2,1-4H3/b14-10-. The number of ether oxygens (including phenoxy) is 2. The van der Waals surface area contributed by atoms with E-state index in [0.717, 1.165) is 5.56 Å². The fraction of sp³-hybridized carbons (Fsp3) is 0.385. The zero-order chi connectivity index (χ0) is 13.5. The Morgan fingerprint density at radius 3 is 2.78 bits per heavy atom. The molecule has 0 saturated carbocycles. The van der Waals surface area contributed by atoms with E-state index < -0.39 is 5.97 Å². The highest BCUT2D eigenvalue weighted by Gasteiger charge is 2.07. The van der Waals surface area contributed by atoms with Gasteiger partial charge in [0.15, 0.2) is 0 Å². The Morgan fingerprint density at radius 2 is 2.17 bits per heavy atom.